The number of thiazole rings is 1. The minimum absolute atomic E-state index is 0.0263. The highest BCUT2D eigenvalue weighted by atomic mass is 32.1. The summed E-state index contributed by atoms with van der Waals surface area (Å²) in [6.45, 7) is 8.86. The first-order valence-corrected chi connectivity index (χ1v) is 24.4. The lowest BCUT2D eigenvalue weighted by molar-refractivity contribution is -0.144. The zero-order chi connectivity index (χ0) is 49.1. The van der Waals surface area contributed by atoms with Gasteiger partial charge in [0.05, 0.1) is 62.3 Å². The molecule has 364 valence electrons. The van der Waals surface area contributed by atoms with Crippen LogP contribution in [0.5, 0.6) is 17.2 Å². The summed E-state index contributed by atoms with van der Waals surface area (Å²) >= 11 is 3.01. The maximum Gasteiger partial charge on any atom is 0.246 e. The second kappa shape index (κ2) is 23.4. The van der Waals surface area contributed by atoms with Gasteiger partial charge in [0, 0.05) is 45.6 Å². The fraction of sp³-hybridized carbons (Fsp3) is 0.365. The van der Waals surface area contributed by atoms with Gasteiger partial charge in [0.2, 0.25) is 17.7 Å². The summed E-state index contributed by atoms with van der Waals surface area (Å²) < 4.78 is 28.7. The number of aromatic hydroxyl groups is 1. The molecule has 17 heteroatoms. The number of nitrogens with one attached hydrogen (secondary N) is 2. The fourth-order valence-corrected chi connectivity index (χ4v) is 9.96. The first-order chi connectivity index (χ1) is 33.2. The first-order valence-electron chi connectivity index (χ1n) is 22.7. The number of aliphatic hydroxyl groups is 1. The van der Waals surface area contributed by atoms with Crippen molar-refractivity contribution in [3.8, 4) is 38.1 Å². The number of aryl methyl sites for hydroxylation is 1. The molecular weight excluding hydrogens is 921 g/mol. The summed E-state index contributed by atoms with van der Waals surface area (Å²) in [6, 6.07) is 25.5. The summed E-state index contributed by atoms with van der Waals surface area (Å²) in [5.41, 5.74) is 5.92. The number of aromatic nitrogens is 1. The van der Waals surface area contributed by atoms with Crippen LogP contribution in [0.4, 0.5) is 0 Å². The molecule has 1 aliphatic heterocycles. The molecule has 0 radical (unpaired) electrons. The lowest BCUT2D eigenvalue weighted by Gasteiger charge is -2.35. The van der Waals surface area contributed by atoms with E-state index in [4.69, 9.17) is 23.7 Å². The van der Waals surface area contributed by atoms with Gasteiger partial charge in [-0.05, 0) is 95.8 Å². The number of carbonyl (C=O) groups is 4. The molecule has 69 heavy (non-hydrogen) atoms. The van der Waals surface area contributed by atoms with Gasteiger partial charge in [0.1, 0.15) is 42.5 Å². The number of benzene rings is 4. The molecule has 3 amide bonds. The SMILES string of the molecule is COc1ccc(-c2sc3cc(O)ccc3c2C(=O)c2ccc(OCCOCCOCCOCC(=O)N[C@H](C(=O)N3CC(O)CC3C(=O)NCc3ccc(-c4scnc4C)cc3)C(C)(C)C)cc2)cc1. The molecular formula is C52H58N4O11S2. The van der Waals surface area contributed by atoms with E-state index in [0.717, 1.165) is 42.2 Å². The van der Waals surface area contributed by atoms with Crippen LogP contribution in [0.15, 0.2) is 96.5 Å². The standard InChI is InChI=1S/C52H58N4O11S2/c1-32-47(68-31-54-32)35-8-6-33(7-9-35)28-53-50(61)42-26-38(58)29-56(42)51(62)49(52(2,3)4)55-44(59)30-66-23-22-64-20-21-65-24-25-67-40-17-10-34(11-18-40)46(60)45-41-19-14-37(57)27-43(41)69-48(45)36-12-15-39(63-5)16-13-36/h6-19,27,31,38,42,49,57-58H,20-26,28-30H2,1-5H3,(H,53,61)(H,55,59)/t38?,42?,49-/m1/s1. The zero-order valence-corrected chi connectivity index (χ0v) is 41.0. The molecule has 7 rings (SSSR count). The van der Waals surface area contributed by atoms with Crippen molar-refractivity contribution < 1.29 is 53.1 Å². The van der Waals surface area contributed by atoms with Gasteiger partial charge in [0.15, 0.2) is 5.78 Å². The van der Waals surface area contributed by atoms with Gasteiger partial charge in [-0.3, -0.25) is 19.2 Å². The van der Waals surface area contributed by atoms with E-state index in [1.54, 1.807) is 60.9 Å². The number of rotatable bonds is 22. The van der Waals surface area contributed by atoms with Crippen molar-refractivity contribution in [2.75, 3.05) is 59.9 Å². The molecule has 0 spiro atoms. The maximum absolute atomic E-state index is 13.9. The quantitative estimate of drug-likeness (QED) is 0.0396. The van der Waals surface area contributed by atoms with E-state index in [0.29, 0.717) is 35.8 Å². The number of ether oxygens (including phenoxy) is 5. The van der Waals surface area contributed by atoms with Crippen LogP contribution in [0.25, 0.3) is 31.0 Å². The highest BCUT2D eigenvalue weighted by Crippen LogP contribution is 2.42. The molecule has 4 N–H and O–H groups in total. The largest absolute Gasteiger partial charge is 0.508 e. The zero-order valence-electron chi connectivity index (χ0n) is 39.3. The topological polar surface area (TPSA) is 195 Å². The van der Waals surface area contributed by atoms with Crippen LogP contribution in [0.1, 0.15) is 54.4 Å². The molecule has 2 unspecified atom stereocenters. The summed E-state index contributed by atoms with van der Waals surface area (Å²) in [6.07, 6.45) is -0.793. The number of ketones is 1. The third-order valence-corrected chi connectivity index (χ3v) is 13.7. The molecule has 6 aromatic rings. The molecule has 0 bridgehead atoms. The van der Waals surface area contributed by atoms with Gasteiger partial charge in [0.25, 0.3) is 0 Å². The van der Waals surface area contributed by atoms with Gasteiger partial charge in [-0.1, -0.05) is 45.0 Å². The number of hydrogen-bond acceptors (Lipinski definition) is 14. The molecule has 0 saturated carbocycles. The third-order valence-electron chi connectivity index (χ3n) is 11.6. The predicted octanol–water partition coefficient (Wildman–Crippen LogP) is 7.18. The van der Waals surface area contributed by atoms with E-state index in [1.807, 2.05) is 81.7 Å². The number of hydrogen-bond donors (Lipinski definition) is 4. The Bertz CT molecular complexity index is 2700. The van der Waals surface area contributed by atoms with Crippen molar-refractivity contribution in [1.82, 2.24) is 20.5 Å². The van der Waals surface area contributed by atoms with Gasteiger partial charge < -0.3 is 49.4 Å². The van der Waals surface area contributed by atoms with Gasteiger partial charge in [-0.15, -0.1) is 22.7 Å². The Balaban J connectivity index is 0.783. The van der Waals surface area contributed by atoms with Crippen LogP contribution in [0, 0.1) is 12.3 Å². The van der Waals surface area contributed by atoms with Crippen molar-refractivity contribution in [1.29, 1.82) is 0 Å². The third kappa shape index (κ3) is 13.1. The van der Waals surface area contributed by atoms with Crippen molar-refractivity contribution in [2.24, 2.45) is 5.41 Å². The molecule has 1 saturated heterocycles. The number of amides is 3. The van der Waals surface area contributed by atoms with Gasteiger partial charge >= 0.3 is 0 Å². The molecule has 3 heterocycles. The van der Waals surface area contributed by atoms with E-state index in [-0.39, 0.29) is 70.0 Å². The van der Waals surface area contributed by atoms with Crippen molar-refractivity contribution >= 4 is 56.3 Å². The molecule has 2 aromatic heterocycles. The molecule has 1 aliphatic rings. The second-order valence-corrected chi connectivity index (χ2v) is 19.5. The Labute approximate surface area is 409 Å². The molecule has 4 aromatic carbocycles. The van der Waals surface area contributed by atoms with Crippen LogP contribution in [0.2, 0.25) is 0 Å². The maximum atomic E-state index is 13.9. The highest BCUT2D eigenvalue weighted by molar-refractivity contribution is 7.22. The van der Waals surface area contributed by atoms with Crippen LogP contribution >= 0.6 is 22.7 Å². The summed E-state index contributed by atoms with van der Waals surface area (Å²) in [5, 5.41) is 27.1. The van der Waals surface area contributed by atoms with Crippen LogP contribution in [-0.4, -0.2) is 122 Å². The molecule has 3 atom stereocenters. The number of likely N-dealkylation sites (tertiary alicyclic amines) is 1. The van der Waals surface area contributed by atoms with Gasteiger partial charge in [-0.2, -0.15) is 0 Å². The van der Waals surface area contributed by atoms with Crippen molar-refractivity contribution in [3.63, 3.8) is 0 Å². The number of phenolic OH excluding ortho intramolecular Hbond substituents is 1. The molecule has 1 fully saturated rings. The smallest absolute Gasteiger partial charge is 0.246 e. The van der Waals surface area contributed by atoms with E-state index < -0.39 is 35.4 Å². The van der Waals surface area contributed by atoms with E-state index >= 15 is 0 Å². The average Bonchev–Trinajstić information content (AvgIpc) is 4.07. The van der Waals surface area contributed by atoms with E-state index in [1.165, 1.54) is 16.2 Å². The fourth-order valence-electron chi connectivity index (χ4n) is 7.91. The minimum atomic E-state index is -0.979. The number of methoxy groups -OCH3 is 1. The lowest BCUT2D eigenvalue weighted by Crippen LogP contribution is -2.58. The van der Waals surface area contributed by atoms with E-state index in [2.05, 4.69) is 15.6 Å². The number of aliphatic hydroxyl groups excluding tert-OH is 1. The Hall–Kier alpha value is -6.21. The summed E-state index contributed by atoms with van der Waals surface area (Å²) in [5.74, 6) is -0.0487. The average molecular weight is 979 g/mol. The van der Waals surface area contributed by atoms with Crippen molar-refractivity contribution in [3.05, 3.63) is 119 Å². The van der Waals surface area contributed by atoms with E-state index in [9.17, 15) is 29.4 Å². The number of phenols is 1. The van der Waals surface area contributed by atoms with Crippen molar-refractivity contribution in [2.45, 2.75) is 58.8 Å². The summed E-state index contributed by atoms with van der Waals surface area (Å²) in [7, 11) is 1.60. The number of β-amino-alcohol motifs (C(OH)–C–C–N with tert-alkyl or cyclic N) is 1. The Morgan fingerprint density at radius 3 is 2.12 bits per heavy atom. The molecule has 15 nitrogen and oxygen atoms in total. The van der Waals surface area contributed by atoms with Gasteiger partial charge in [-0.25, -0.2) is 4.98 Å². The molecule has 0 aliphatic carbocycles. The minimum Gasteiger partial charge on any atom is -0.508 e. The highest BCUT2D eigenvalue weighted by Gasteiger charge is 2.44. The first kappa shape index (κ1) is 50.7. The van der Waals surface area contributed by atoms with Crippen LogP contribution in [-0.2, 0) is 35.1 Å². The number of nitrogens with zero attached hydrogens (tertiary/aromatic N) is 2. The van der Waals surface area contributed by atoms with Crippen LogP contribution in [0.3, 0.4) is 0 Å². The number of carbonyl (C=O) groups excluding carboxylic acids is 4. The Morgan fingerprint density at radius 2 is 1.46 bits per heavy atom. The monoisotopic (exact) mass is 978 g/mol. The Morgan fingerprint density at radius 1 is 0.826 bits per heavy atom. The normalized spacial score (nSPS) is 15.2. The Kier molecular flexibility index (Phi) is 17.2. The lowest BCUT2D eigenvalue weighted by atomic mass is 9.85. The second-order valence-electron chi connectivity index (χ2n) is 17.6. The summed E-state index contributed by atoms with van der Waals surface area (Å²) in [4.78, 5) is 61.9. The number of fused-ring (bicyclic) bond motifs is 1. The number of thiophene rings is 1. The predicted molar refractivity (Wildman–Crippen MR) is 265 cm³/mol. The van der Waals surface area contributed by atoms with Crippen LogP contribution < -0.4 is 20.1 Å².